The van der Waals surface area contributed by atoms with E-state index < -0.39 is 0 Å². The molecule has 4 heteroatoms. The van der Waals surface area contributed by atoms with Crippen LogP contribution in [0.15, 0.2) is 79.0 Å². The molecule has 0 spiro atoms. The summed E-state index contributed by atoms with van der Waals surface area (Å²) in [4.78, 5) is 18.7. The lowest BCUT2D eigenvalue weighted by Gasteiger charge is -2.19. The quantitative estimate of drug-likeness (QED) is 0.617. The van der Waals surface area contributed by atoms with Gasteiger partial charge in [0.15, 0.2) is 0 Å². The second-order valence-corrected chi connectivity index (χ2v) is 6.59. The van der Waals surface area contributed by atoms with Gasteiger partial charge in [-0.2, -0.15) is 0 Å². The minimum atomic E-state index is -0.125. The van der Waals surface area contributed by atoms with Crippen LogP contribution >= 0.6 is 0 Å². The fraction of sp³-hybridized carbons (Fsp3) is 0.217. The van der Waals surface area contributed by atoms with Gasteiger partial charge in [0.2, 0.25) is 0 Å². The number of nitrogens with one attached hydrogen (secondary N) is 1. The molecule has 3 aromatic rings. The Morgan fingerprint density at radius 3 is 2.22 bits per heavy atom. The fourth-order valence-corrected chi connectivity index (χ4v) is 2.92. The van der Waals surface area contributed by atoms with Crippen molar-refractivity contribution < 1.29 is 4.79 Å². The zero-order valence-electron chi connectivity index (χ0n) is 15.6. The molecule has 0 bridgehead atoms. The molecule has 4 nitrogen and oxygen atoms in total. The molecule has 138 valence electrons. The zero-order chi connectivity index (χ0) is 18.9. The van der Waals surface area contributed by atoms with Gasteiger partial charge in [0.05, 0.1) is 11.9 Å². The molecule has 0 aliphatic heterocycles. The van der Waals surface area contributed by atoms with Crippen LogP contribution in [-0.4, -0.2) is 24.5 Å². The van der Waals surface area contributed by atoms with E-state index in [4.69, 9.17) is 0 Å². The van der Waals surface area contributed by atoms with E-state index in [9.17, 15) is 4.79 Å². The lowest BCUT2D eigenvalue weighted by molar-refractivity contribution is 0.0948. The Hall–Kier alpha value is -3.14. The van der Waals surface area contributed by atoms with Crippen molar-refractivity contribution in [3.8, 4) is 0 Å². The maximum absolute atomic E-state index is 12.2. The summed E-state index contributed by atoms with van der Waals surface area (Å²) in [5.74, 6) is -0.125. The predicted octanol–water partition coefficient (Wildman–Crippen LogP) is 4.08. The molecular weight excluding hydrogens is 334 g/mol. The molecule has 1 amide bonds. The van der Waals surface area contributed by atoms with E-state index in [-0.39, 0.29) is 5.91 Å². The van der Waals surface area contributed by atoms with Crippen molar-refractivity contribution in [2.24, 2.45) is 0 Å². The van der Waals surface area contributed by atoms with Crippen LogP contribution in [0.3, 0.4) is 0 Å². The highest BCUT2D eigenvalue weighted by molar-refractivity contribution is 5.92. The van der Waals surface area contributed by atoms with Crippen LogP contribution < -0.4 is 10.2 Å². The first-order chi connectivity index (χ1) is 13.2. The third-order valence-electron chi connectivity index (χ3n) is 4.45. The van der Waals surface area contributed by atoms with Gasteiger partial charge in [-0.05, 0) is 36.1 Å². The monoisotopic (exact) mass is 359 g/mol. The van der Waals surface area contributed by atoms with E-state index in [1.54, 1.807) is 12.3 Å². The van der Waals surface area contributed by atoms with E-state index >= 15 is 0 Å². The predicted molar refractivity (Wildman–Crippen MR) is 110 cm³/mol. The smallest absolute Gasteiger partial charge is 0.269 e. The molecule has 0 radical (unpaired) electrons. The number of pyridine rings is 1. The van der Waals surface area contributed by atoms with Crippen LogP contribution in [0.4, 0.5) is 5.69 Å². The second-order valence-electron chi connectivity index (χ2n) is 6.59. The van der Waals surface area contributed by atoms with E-state index in [2.05, 4.69) is 39.5 Å². The largest absolute Gasteiger partial charge is 0.369 e. The maximum Gasteiger partial charge on any atom is 0.269 e. The number of hydrogen-bond donors (Lipinski definition) is 1. The number of benzene rings is 2. The average Bonchev–Trinajstić information content (AvgIpc) is 2.72. The molecule has 27 heavy (non-hydrogen) atoms. The van der Waals surface area contributed by atoms with Crippen molar-refractivity contribution in [2.75, 3.05) is 18.5 Å². The van der Waals surface area contributed by atoms with Gasteiger partial charge in [-0.3, -0.25) is 4.79 Å². The van der Waals surface area contributed by atoms with Crippen LogP contribution in [-0.2, 0) is 13.0 Å². The second kappa shape index (κ2) is 9.53. The fourth-order valence-electron chi connectivity index (χ4n) is 2.92. The summed E-state index contributed by atoms with van der Waals surface area (Å²) in [5.41, 5.74) is 3.96. The van der Waals surface area contributed by atoms with Crippen molar-refractivity contribution in [3.63, 3.8) is 0 Å². The topological polar surface area (TPSA) is 45.2 Å². The standard InChI is InChI=1S/C23H25N3O/c1-26(18-20-11-6-3-7-12-20)21-14-15-22(25-17-21)23(27)24-16-8-13-19-9-4-2-5-10-19/h2-7,9-12,14-15,17H,8,13,16,18H2,1H3,(H,24,27). The number of aromatic nitrogens is 1. The molecule has 0 aliphatic rings. The van der Waals surface area contributed by atoms with Gasteiger partial charge in [-0.1, -0.05) is 60.7 Å². The Morgan fingerprint density at radius 1 is 0.926 bits per heavy atom. The third-order valence-corrected chi connectivity index (χ3v) is 4.45. The Kier molecular flexibility index (Phi) is 6.58. The first kappa shape index (κ1) is 18.6. The highest BCUT2D eigenvalue weighted by Gasteiger charge is 2.08. The molecule has 0 saturated carbocycles. The van der Waals surface area contributed by atoms with E-state index in [0.717, 1.165) is 25.1 Å². The van der Waals surface area contributed by atoms with Crippen molar-refractivity contribution in [3.05, 3.63) is 95.8 Å². The number of hydrogen-bond acceptors (Lipinski definition) is 3. The van der Waals surface area contributed by atoms with Crippen LogP contribution in [0.25, 0.3) is 0 Å². The van der Waals surface area contributed by atoms with E-state index in [0.29, 0.717) is 12.2 Å². The molecular formula is C23H25N3O. The van der Waals surface area contributed by atoms with Crippen molar-refractivity contribution in [2.45, 2.75) is 19.4 Å². The molecule has 0 atom stereocenters. The Morgan fingerprint density at radius 2 is 1.59 bits per heavy atom. The SMILES string of the molecule is CN(Cc1ccccc1)c1ccc(C(=O)NCCCc2ccccc2)nc1. The molecule has 1 heterocycles. The third kappa shape index (κ3) is 5.68. The summed E-state index contributed by atoms with van der Waals surface area (Å²) >= 11 is 0. The van der Waals surface area contributed by atoms with Crippen molar-refractivity contribution in [1.29, 1.82) is 0 Å². The van der Waals surface area contributed by atoms with Gasteiger partial charge >= 0.3 is 0 Å². The summed E-state index contributed by atoms with van der Waals surface area (Å²) < 4.78 is 0. The highest BCUT2D eigenvalue weighted by Crippen LogP contribution is 2.14. The van der Waals surface area contributed by atoms with Crippen LogP contribution in [0.1, 0.15) is 28.0 Å². The van der Waals surface area contributed by atoms with Crippen LogP contribution in [0.5, 0.6) is 0 Å². The number of rotatable bonds is 8. The number of aryl methyl sites for hydroxylation is 1. The van der Waals surface area contributed by atoms with Crippen molar-refractivity contribution in [1.82, 2.24) is 10.3 Å². The Bertz CT molecular complexity index is 833. The molecule has 3 rings (SSSR count). The Balaban J connectivity index is 1.46. The number of nitrogens with zero attached hydrogens (tertiary/aromatic N) is 2. The summed E-state index contributed by atoms with van der Waals surface area (Å²) in [6.45, 7) is 1.44. The normalized spacial score (nSPS) is 10.4. The summed E-state index contributed by atoms with van der Waals surface area (Å²) in [7, 11) is 2.02. The molecule has 1 N–H and O–H groups in total. The molecule has 2 aromatic carbocycles. The molecule has 0 saturated heterocycles. The first-order valence-electron chi connectivity index (χ1n) is 9.25. The summed E-state index contributed by atoms with van der Waals surface area (Å²) in [6.07, 6.45) is 3.62. The lowest BCUT2D eigenvalue weighted by atomic mass is 10.1. The van der Waals surface area contributed by atoms with Gasteiger partial charge in [0.1, 0.15) is 5.69 Å². The van der Waals surface area contributed by atoms with Gasteiger partial charge in [0.25, 0.3) is 5.91 Å². The van der Waals surface area contributed by atoms with Crippen LogP contribution in [0.2, 0.25) is 0 Å². The van der Waals surface area contributed by atoms with Crippen LogP contribution in [0, 0.1) is 0 Å². The molecule has 0 unspecified atom stereocenters. The minimum Gasteiger partial charge on any atom is -0.369 e. The molecule has 0 fully saturated rings. The number of anilines is 1. The van der Waals surface area contributed by atoms with E-state index in [1.165, 1.54) is 11.1 Å². The Labute approximate surface area is 160 Å². The summed E-state index contributed by atoms with van der Waals surface area (Å²) in [6, 6.07) is 24.3. The molecule has 1 aromatic heterocycles. The van der Waals surface area contributed by atoms with Crippen molar-refractivity contribution >= 4 is 11.6 Å². The number of amides is 1. The molecule has 0 aliphatic carbocycles. The minimum absolute atomic E-state index is 0.125. The van der Waals surface area contributed by atoms with E-state index in [1.807, 2.05) is 49.5 Å². The zero-order valence-corrected chi connectivity index (χ0v) is 15.6. The number of carbonyl (C=O) groups excluding carboxylic acids is 1. The van der Waals surface area contributed by atoms with Gasteiger partial charge < -0.3 is 10.2 Å². The highest BCUT2D eigenvalue weighted by atomic mass is 16.1. The summed E-state index contributed by atoms with van der Waals surface area (Å²) in [5, 5.41) is 2.94. The average molecular weight is 359 g/mol. The van der Waals surface area contributed by atoms with Gasteiger partial charge in [-0.15, -0.1) is 0 Å². The number of carbonyl (C=O) groups is 1. The van der Waals surface area contributed by atoms with Gasteiger partial charge in [-0.25, -0.2) is 4.98 Å². The first-order valence-corrected chi connectivity index (χ1v) is 9.25. The van der Waals surface area contributed by atoms with Gasteiger partial charge in [0, 0.05) is 20.1 Å². The lowest BCUT2D eigenvalue weighted by Crippen LogP contribution is -2.26. The maximum atomic E-state index is 12.2.